The van der Waals surface area contributed by atoms with Gasteiger partial charge >= 0.3 is 5.97 Å². The van der Waals surface area contributed by atoms with Crippen LogP contribution in [0.15, 0.2) is 48.5 Å². The van der Waals surface area contributed by atoms with E-state index in [1.165, 1.54) is 19.9 Å². The number of esters is 1. The third-order valence-electron chi connectivity index (χ3n) is 4.22. The second-order valence-corrected chi connectivity index (χ2v) is 7.04. The van der Waals surface area contributed by atoms with Crippen LogP contribution in [0, 0.1) is 16.4 Å². The first-order valence-electron chi connectivity index (χ1n) is 8.58. The maximum absolute atomic E-state index is 14.5. The molecule has 0 radical (unpaired) electrons. The summed E-state index contributed by atoms with van der Waals surface area (Å²) < 4.78 is 19.8. The molecule has 0 spiro atoms. The van der Waals surface area contributed by atoms with E-state index in [4.69, 9.17) is 9.94 Å². The maximum Gasteiger partial charge on any atom is 0.314 e. The molecule has 6 nitrogen and oxygen atoms in total. The molecule has 0 amide bonds. The molecule has 0 aromatic heterocycles. The minimum absolute atomic E-state index is 0.0550. The van der Waals surface area contributed by atoms with Crippen LogP contribution in [0.3, 0.4) is 0 Å². The fraction of sp³-hybridized carbons (Fsp3) is 0.350. The van der Waals surface area contributed by atoms with Crippen molar-refractivity contribution >= 4 is 5.97 Å². The summed E-state index contributed by atoms with van der Waals surface area (Å²) in [5.41, 5.74) is 0.913. The van der Waals surface area contributed by atoms with Crippen molar-refractivity contribution < 1.29 is 29.4 Å². The van der Waals surface area contributed by atoms with E-state index >= 15 is 0 Å². The molecule has 0 bridgehead atoms. The predicted molar refractivity (Wildman–Crippen MR) is 97.1 cm³/mol. The molecule has 0 heterocycles. The Morgan fingerprint density at radius 3 is 2.52 bits per heavy atom. The molecule has 2 aromatic rings. The lowest BCUT2D eigenvalue weighted by molar-refractivity contribution is -1.21. The van der Waals surface area contributed by atoms with Gasteiger partial charge in [-0.1, -0.05) is 54.8 Å². The highest BCUT2D eigenvalue weighted by atomic mass is 19.1. The Hall–Kier alpha value is -2.32. The van der Waals surface area contributed by atoms with Gasteiger partial charge in [0.1, 0.15) is 12.4 Å². The lowest BCUT2D eigenvalue weighted by Gasteiger charge is -2.24. The number of quaternary nitrogens is 1. The number of rotatable bonds is 8. The zero-order chi connectivity index (χ0) is 20.0. The lowest BCUT2D eigenvalue weighted by atomic mass is 9.95. The molecule has 0 saturated carbocycles. The summed E-state index contributed by atoms with van der Waals surface area (Å²) in [5, 5.41) is 17.6. The van der Waals surface area contributed by atoms with E-state index in [1.807, 2.05) is 43.3 Å². The topological polar surface area (TPSA) is 83.3 Å². The smallest absolute Gasteiger partial charge is 0.314 e. The van der Waals surface area contributed by atoms with Crippen molar-refractivity contribution in [1.82, 2.24) is 0 Å². The summed E-state index contributed by atoms with van der Waals surface area (Å²) in [4.78, 5) is 16.6. The first-order valence-corrected chi connectivity index (χ1v) is 8.58. The highest BCUT2D eigenvalue weighted by molar-refractivity contribution is 5.76. The van der Waals surface area contributed by atoms with Gasteiger partial charge in [-0.25, -0.2) is 4.39 Å². The molecule has 2 N–H and O–H groups in total. The van der Waals surface area contributed by atoms with Crippen LogP contribution in [0.4, 0.5) is 4.39 Å². The summed E-state index contributed by atoms with van der Waals surface area (Å²) in [6.07, 6.45) is 0. The lowest BCUT2D eigenvalue weighted by Crippen LogP contribution is -3.03. The average molecular weight is 377 g/mol. The Kier molecular flexibility index (Phi) is 7.04. The van der Waals surface area contributed by atoms with Crippen molar-refractivity contribution in [2.75, 3.05) is 13.2 Å². The van der Waals surface area contributed by atoms with Gasteiger partial charge in [0.15, 0.2) is 0 Å². The van der Waals surface area contributed by atoms with E-state index in [2.05, 4.69) is 4.84 Å². The molecule has 1 unspecified atom stereocenters. The van der Waals surface area contributed by atoms with Gasteiger partial charge in [-0.2, -0.15) is 10.0 Å². The summed E-state index contributed by atoms with van der Waals surface area (Å²) in [6.45, 7) is 4.66. The summed E-state index contributed by atoms with van der Waals surface area (Å²) in [6, 6.07) is 14.2. The monoisotopic (exact) mass is 377 g/mol. The standard InChI is InChI=1S/C20H24FNO5/c1-14(12-26-19(23)20(2,3)13-27-22(24)25)16-9-10-17(18(21)11-16)15-7-5-4-6-8-15/h4-11,14,22,24H,12-13H2,1-3H3/t14-/m1/s1. The SMILES string of the molecule is C[C@H](COC(=O)C(C)(C)CO[NH+]([O-])O)c1ccc(-c2ccccc2)c(F)c1. The van der Waals surface area contributed by atoms with Gasteiger partial charge in [-0.15, -0.1) is 0 Å². The molecule has 2 atom stereocenters. The summed E-state index contributed by atoms with van der Waals surface area (Å²) in [7, 11) is 0. The van der Waals surface area contributed by atoms with Crippen LogP contribution in [0.25, 0.3) is 11.1 Å². The Morgan fingerprint density at radius 2 is 1.93 bits per heavy atom. The van der Waals surface area contributed by atoms with E-state index in [0.717, 1.165) is 5.56 Å². The predicted octanol–water partition coefficient (Wildman–Crippen LogP) is 2.87. The molecule has 146 valence electrons. The van der Waals surface area contributed by atoms with Crippen LogP contribution >= 0.6 is 0 Å². The van der Waals surface area contributed by atoms with Gasteiger partial charge in [0.05, 0.1) is 12.0 Å². The fourth-order valence-electron chi connectivity index (χ4n) is 2.48. The molecule has 2 aromatic carbocycles. The normalized spacial score (nSPS) is 13.9. The van der Waals surface area contributed by atoms with Crippen molar-refractivity contribution in [3.8, 4) is 11.1 Å². The molecule has 0 aliphatic heterocycles. The van der Waals surface area contributed by atoms with Crippen molar-refractivity contribution in [2.45, 2.75) is 26.7 Å². The zero-order valence-corrected chi connectivity index (χ0v) is 15.6. The highest BCUT2D eigenvalue weighted by Crippen LogP contribution is 2.27. The third kappa shape index (κ3) is 5.83. The van der Waals surface area contributed by atoms with Gasteiger partial charge < -0.3 is 9.94 Å². The van der Waals surface area contributed by atoms with E-state index < -0.39 is 16.8 Å². The van der Waals surface area contributed by atoms with Gasteiger partial charge in [-0.3, -0.25) is 4.79 Å². The van der Waals surface area contributed by atoms with E-state index in [9.17, 15) is 14.4 Å². The molecular weight excluding hydrogens is 353 g/mol. The van der Waals surface area contributed by atoms with E-state index in [-0.39, 0.29) is 24.9 Å². The number of carbonyl (C=O) groups is 1. The van der Waals surface area contributed by atoms with Crippen LogP contribution in [0.1, 0.15) is 32.3 Å². The molecule has 2 rings (SSSR count). The van der Waals surface area contributed by atoms with Crippen LogP contribution < -0.4 is 5.39 Å². The molecular formula is C20H24FNO5. The number of ether oxygens (including phenoxy) is 1. The first-order chi connectivity index (χ1) is 12.7. The fourth-order valence-corrected chi connectivity index (χ4v) is 2.48. The third-order valence-corrected chi connectivity index (χ3v) is 4.22. The Balaban J connectivity index is 1.99. The van der Waals surface area contributed by atoms with E-state index in [0.29, 0.717) is 11.1 Å². The number of halogens is 1. The van der Waals surface area contributed by atoms with Gasteiger partial charge in [0, 0.05) is 11.5 Å². The van der Waals surface area contributed by atoms with Crippen molar-refractivity contribution in [1.29, 1.82) is 0 Å². The van der Waals surface area contributed by atoms with Crippen LogP contribution in [-0.4, -0.2) is 24.4 Å². The molecule has 0 fully saturated rings. The molecule has 0 saturated heterocycles. The minimum atomic E-state index is -1.45. The zero-order valence-electron chi connectivity index (χ0n) is 15.6. The second kappa shape index (κ2) is 9.05. The van der Waals surface area contributed by atoms with Crippen molar-refractivity contribution in [3.63, 3.8) is 0 Å². The minimum Gasteiger partial charge on any atom is -0.566 e. The van der Waals surface area contributed by atoms with Crippen LogP contribution in [0.2, 0.25) is 0 Å². The Labute approximate surface area is 157 Å². The molecule has 27 heavy (non-hydrogen) atoms. The summed E-state index contributed by atoms with van der Waals surface area (Å²) >= 11 is 0. The number of carbonyl (C=O) groups excluding carboxylic acids is 1. The Bertz CT molecular complexity index is 764. The number of nitrogens with one attached hydrogen (secondary N) is 1. The first kappa shape index (κ1) is 21.0. The van der Waals surface area contributed by atoms with Gasteiger partial charge in [-0.05, 0) is 31.0 Å². The quantitative estimate of drug-likeness (QED) is 0.546. The molecule has 7 heteroatoms. The van der Waals surface area contributed by atoms with E-state index in [1.54, 1.807) is 6.07 Å². The van der Waals surface area contributed by atoms with Crippen LogP contribution in [0.5, 0.6) is 0 Å². The van der Waals surface area contributed by atoms with Crippen LogP contribution in [-0.2, 0) is 14.4 Å². The maximum atomic E-state index is 14.5. The average Bonchev–Trinajstić information content (AvgIpc) is 2.64. The number of hydrogen-bond acceptors (Lipinski definition) is 5. The number of benzene rings is 2. The van der Waals surface area contributed by atoms with Gasteiger partial charge in [0.2, 0.25) is 0 Å². The molecule has 0 aliphatic carbocycles. The largest absolute Gasteiger partial charge is 0.566 e. The molecule has 0 aliphatic rings. The highest BCUT2D eigenvalue weighted by Gasteiger charge is 2.32. The number of hydrogen-bond donors (Lipinski definition) is 2. The van der Waals surface area contributed by atoms with Crippen molar-refractivity contribution in [3.05, 3.63) is 65.1 Å². The van der Waals surface area contributed by atoms with Gasteiger partial charge in [0.25, 0.3) is 0 Å². The van der Waals surface area contributed by atoms with Crippen molar-refractivity contribution in [2.24, 2.45) is 5.41 Å². The summed E-state index contributed by atoms with van der Waals surface area (Å²) in [5.74, 6) is -1.13. The Morgan fingerprint density at radius 1 is 1.26 bits per heavy atom. The second-order valence-electron chi connectivity index (χ2n) is 7.04.